The van der Waals surface area contributed by atoms with Gasteiger partial charge in [0.05, 0.1) is 6.61 Å². The highest BCUT2D eigenvalue weighted by molar-refractivity contribution is 9.10. The molecule has 0 heterocycles. The molecule has 0 amide bonds. The molecule has 4 aromatic rings. The molecule has 256 valence electrons. The van der Waals surface area contributed by atoms with Crippen molar-refractivity contribution >= 4 is 43.8 Å². The molecule has 16 heteroatoms. The van der Waals surface area contributed by atoms with E-state index in [9.17, 15) is 44.7 Å². The van der Waals surface area contributed by atoms with Crippen LogP contribution in [-0.2, 0) is 30.3 Å². The van der Waals surface area contributed by atoms with Gasteiger partial charge in [0, 0.05) is 8.95 Å². The second-order valence-electron chi connectivity index (χ2n) is 9.41. The monoisotopic (exact) mass is 812 g/mol. The lowest BCUT2D eigenvalue weighted by atomic mass is 10.1. The highest BCUT2D eigenvalue weighted by atomic mass is 79.9. The molecule has 0 aliphatic rings. The Bertz CT molecular complexity index is 1750. The predicted octanol–water partition coefficient (Wildman–Crippen LogP) is 10.2. The summed E-state index contributed by atoms with van der Waals surface area (Å²) in [5.74, 6) is -8.11. The molecule has 1 N–H and O–H groups in total. The van der Waals surface area contributed by atoms with E-state index in [0.29, 0.717) is 11.1 Å². The van der Waals surface area contributed by atoms with Crippen LogP contribution in [0.5, 0.6) is 11.5 Å². The number of esters is 1. The van der Waals surface area contributed by atoms with Gasteiger partial charge >= 0.3 is 24.3 Å². The standard InChI is InChI=1S/C17H13BrF4O3.C15H9BrF4O3/c1-2-24-16(23)13-11(18)8-12(14(15(13)19)17(20,21)22)25-9-10-6-4-3-5-7-10;16-9-6-10(23-7-8-4-2-1-3-5-8)12(15(18,19)20)13(17)11(9)14(21)22/h3-8H,2,9H2,1H3;1-6H,7H2,(H,21,22). The molecule has 0 aliphatic carbocycles. The van der Waals surface area contributed by atoms with E-state index in [-0.39, 0.29) is 28.8 Å². The third-order valence-electron chi connectivity index (χ3n) is 6.10. The number of halogens is 10. The van der Waals surface area contributed by atoms with Gasteiger partial charge in [0.25, 0.3) is 0 Å². The van der Waals surface area contributed by atoms with Crippen LogP contribution in [0.15, 0.2) is 81.7 Å². The van der Waals surface area contributed by atoms with Crippen LogP contribution >= 0.6 is 31.9 Å². The zero-order valence-electron chi connectivity index (χ0n) is 24.3. The first-order valence-electron chi connectivity index (χ1n) is 13.4. The van der Waals surface area contributed by atoms with Gasteiger partial charge in [-0.15, -0.1) is 0 Å². The summed E-state index contributed by atoms with van der Waals surface area (Å²) in [6.07, 6.45) is -10.1. The Morgan fingerprint density at radius 1 is 0.688 bits per heavy atom. The highest BCUT2D eigenvalue weighted by Gasteiger charge is 2.42. The number of hydrogen-bond donors (Lipinski definition) is 1. The number of benzene rings is 4. The van der Waals surface area contributed by atoms with Crippen molar-refractivity contribution in [1.29, 1.82) is 0 Å². The van der Waals surface area contributed by atoms with Gasteiger partial charge in [-0.25, -0.2) is 18.4 Å². The van der Waals surface area contributed by atoms with Crippen LogP contribution in [0.4, 0.5) is 35.1 Å². The number of carboxylic acid groups (broad SMARTS) is 1. The summed E-state index contributed by atoms with van der Waals surface area (Å²) in [6, 6.07) is 18.5. The number of carbonyl (C=O) groups is 2. The first-order valence-corrected chi connectivity index (χ1v) is 15.0. The van der Waals surface area contributed by atoms with Gasteiger partial charge in [-0.3, -0.25) is 0 Å². The fourth-order valence-electron chi connectivity index (χ4n) is 4.01. The lowest BCUT2D eigenvalue weighted by molar-refractivity contribution is -0.142. The largest absolute Gasteiger partial charge is 0.488 e. The van der Waals surface area contributed by atoms with E-state index in [0.717, 1.165) is 12.1 Å². The van der Waals surface area contributed by atoms with Crippen molar-refractivity contribution in [3.05, 3.63) is 127 Å². The minimum Gasteiger partial charge on any atom is -0.488 e. The summed E-state index contributed by atoms with van der Waals surface area (Å²) in [7, 11) is 0. The molecule has 4 rings (SSSR count). The van der Waals surface area contributed by atoms with Gasteiger partial charge < -0.3 is 19.3 Å². The second-order valence-corrected chi connectivity index (χ2v) is 11.1. The number of carboxylic acids is 1. The molecule has 4 aromatic carbocycles. The number of carbonyl (C=O) groups excluding carboxylic acids is 1. The molecule has 0 unspecified atom stereocenters. The Morgan fingerprint density at radius 2 is 1.06 bits per heavy atom. The van der Waals surface area contributed by atoms with Crippen LogP contribution in [0.2, 0.25) is 0 Å². The van der Waals surface area contributed by atoms with E-state index in [2.05, 4.69) is 36.6 Å². The van der Waals surface area contributed by atoms with Gasteiger partial charge in [0.2, 0.25) is 0 Å². The molecular weight excluding hydrogens is 792 g/mol. The van der Waals surface area contributed by atoms with Crippen molar-refractivity contribution in [3.8, 4) is 11.5 Å². The maximum absolute atomic E-state index is 14.5. The normalized spacial score (nSPS) is 11.3. The topological polar surface area (TPSA) is 82.1 Å². The fourth-order valence-corrected chi connectivity index (χ4v) is 5.10. The summed E-state index contributed by atoms with van der Waals surface area (Å²) in [5.41, 5.74) is -4.10. The second kappa shape index (κ2) is 16.3. The van der Waals surface area contributed by atoms with E-state index in [1.54, 1.807) is 60.7 Å². The number of aromatic carboxylic acids is 1. The lowest BCUT2D eigenvalue weighted by Crippen LogP contribution is -2.17. The maximum atomic E-state index is 14.5. The summed E-state index contributed by atoms with van der Waals surface area (Å²) >= 11 is 5.67. The number of ether oxygens (including phenoxy) is 3. The van der Waals surface area contributed by atoms with E-state index in [1.807, 2.05) is 0 Å². The third kappa shape index (κ3) is 9.69. The average Bonchev–Trinajstić information content (AvgIpc) is 2.98. The molecule has 0 aromatic heterocycles. The van der Waals surface area contributed by atoms with E-state index in [4.69, 9.17) is 14.6 Å². The van der Waals surface area contributed by atoms with Gasteiger partial charge in [-0.2, -0.15) is 26.3 Å². The van der Waals surface area contributed by atoms with E-state index < -0.39 is 69.7 Å². The Balaban J connectivity index is 0.000000261. The van der Waals surface area contributed by atoms with Gasteiger partial charge in [0.15, 0.2) is 11.6 Å². The van der Waals surface area contributed by atoms with Crippen molar-refractivity contribution < 1.29 is 64.0 Å². The van der Waals surface area contributed by atoms with E-state index in [1.165, 1.54) is 6.92 Å². The average molecular weight is 814 g/mol. The zero-order valence-corrected chi connectivity index (χ0v) is 27.5. The van der Waals surface area contributed by atoms with E-state index >= 15 is 0 Å². The SMILES string of the molecule is CCOC(=O)c1c(Br)cc(OCc2ccccc2)c(C(F)(F)F)c1F.O=C(O)c1c(Br)cc(OCc2ccccc2)c(C(F)(F)F)c1F. The lowest BCUT2D eigenvalue weighted by Gasteiger charge is -2.17. The zero-order chi connectivity index (χ0) is 35.8. The minimum atomic E-state index is -5.10. The van der Waals surface area contributed by atoms with Crippen LogP contribution in [-0.4, -0.2) is 23.7 Å². The molecule has 0 saturated heterocycles. The quantitative estimate of drug-likeness (QED) is 0.134. The molecule has 0 spiro atoms. The van der Waals surface area contributed by atoms with Crippen LogP contribution in [0.25, 0.3) is 0 Å². The Morgan fingerprint density at radius 3 is 1.42 bits per heavy atom. The number of alkyl halides is 6. The molecule has 0 atom stereocenters. The Hall–Kier alpha value is -4.18. The van der Waals surface area contributed by atoms with Crippen LogP contribution in [0.3, 0.4) is 0 Å². The van der Waals surface area contributed by atoms with Crippen LogP contribution in [0, 0.1) is 11.6 Å². The van der Waals surface area contributed by atoms with Crippen molar-refractivity contribution in [2.45, 2.75) is 32.5 Å². The first kappa shape index (κ1) is 38.3. The van der Waals surface area contributed by atoms with Gasteiger partial charge in [0.1, 0.15) is 47.0 Å². The molecule has 6 nitrogen and oxygen atoms in total. The molecule has 0 bridgehead atoms. The third-order valence-corrected chi connectivity index (χ3v) is 7.35. The highest BCUT2D eigenvalue weighted by Crippen LogP contribution is 2.43. The van der Waals surface area contributed by atoms with Crippen molar-refractivity contribution in [1.82, 2.24) is 0 Å². The maximum Gasteiger partial charge on any atom is 0.422 e. The molecule has 48 heavy (non-hydrogen) atoms. The smallest absolute Gasteiger partial charge is 0.422 e. The summed E-state index contributed by atoms with van der Waals surface area (Å²) in [6.45, 7) is 0.959. The Kier molecular flexibility index (Phi) is 13.0. The van der Waals surface area contributed by atoms with Gasteiger partial charge in [-0.1, -0.05) is 60.7 Å². The van der Waals surface area contributed by atoms with Gasteiger partial charge in [-0.05, 0) is 62.0 Å². The van der Waals surface area contributed by atoms with Crippen molar-refractivity contribution in [2.24, 2.45) is 0 Å². The van der Waals surface area contributed by atoms with Crippen molar-refractivity contribution in [2.75, 3.05) is 6.61 Å². The predicted molar refractivity (Wildman–Crippen MR) is 163 cm³/mol. The number of rotatable bonds is 9. The van der Waals surface area contributed by atoms with Crippen LogP contribution < -0.4 is 9.47 Å². The first-order chi connectivity index (χ1) is 22.5. The molecule has 0 radical (unpaired) electrons. The molecule has 0 saturated carbocycles. The molecule has 0 aliphatic heterocycles. The molecule has 0 fully saturated rings. The van der Waals surface area contributed by atoms with Crippen LogP contribution in [0.1, 0.15) is 49.9 Å². The fraction of sp³-hybridized carbons (Fsp3) is 0.188. The Labute approximate surface area is 284 Å². The summed E-state index contributed by atoms with van der Waals surface area (Å²) in [5, 5.41) is 8.86. The molecular formula is C32H22Br2F8O6. The minimum absolute atomic E-state index is 0.0989. The summed E-state index contributed by atoms with van der Waals surface area (Å²) < 4.78 is 122. The number of hydrogen-bond acceptors (Lipinski definition) is 5. The van der Waals surface area contributed by atoms with Crippen molar-refractivity contribution in [3.63, 3.8) is 0 Å². The summed E-state index contributed by atoms with van der Waals surface area (Å²) in [4.78, 5) is 22.7.